The number of nitrogens with zero attached hydrogens (tertiary/aromatic N) is 1. The van der Waals surface area contributed by atoms with Gasteiger partial charge in [-0.15, -0.1) is 0 Å². The molecular weight excluding hydrogens is 138 g/mol. The van der Waals surface area contributed by atoms with Crippen molar-refractivity contribution in [3.8, 4) is 0 Å². The van der Waals surface area contributed by atoms with Crippen LogP contribution in [0.1, 0.15) is 26.7 Å². The Hall–Kier alpha value is -0.370. The van der Waals surface area contributed by atoms with Crippen LogP contribution >= 0.6 is 0 Å². The summed E-state index contributed by atoms with van der Waals surface area (Å²) in [6.07, 6.45) is 1.43. The smallest absolute Gasteiger partial charge is 0.134 e. The van der Waals surface area contributed by atoms with Crippen LogP contribution in [0.5, 0.6) is 0 Å². The molecule has 0 spiro atoms. The summed E-state index contributed by atoms with van der Waals surface area (Å²) in [6.45, 7) is 5.03. The maximum atomic E-state index is 11.1. The van der Waals surface area contributed by atoms with Gasteiger partial charge in [0.25, 0.3) is 0 Å². The van der Waals surface area contributed by atoms with Crippen molar-refractivity contribution in [1.82, 2.24) is 4.90 Å². The van der Waals surface area contributed by atoms with E-state index in [1.807, 2.05) is 19.0 Å². The van der Waals surface area contributed by atoms with Crippen molar-refractivity contribution in [1.29, 1.82) is 0 Å². The topological polar surface area (TPSA) is 20.3 Å². The minimum atomic E-state index is 0.383. The Bertz CT molecular complexity index is 119. The van der Waals surface area contributed by atoms with Gasteiger partial charge in [-0.1, -0.05) is 13.8 Å². The number of hydrogen-bond acceptors (Lipinski definition) is 2. The van der Waals surface area contributed by atoms with Crippen LogP contribution in [0.25, 0.3) is 0 Å². The van der Waals surface area contributed by atoms with Crippen LogP contribution in [0.15, 0.2) is 0 Å². The van der Waals surface area contributed by atoms with Gasteiger partial charge in [-0.05, 0) is 20.0 Å². The SMILES string of the molecule is CC(C)CC(=O)CCN(C)C. The van der Waals surface area contributed by atoms with Crippen molar-refractivity contribution in [2.24, 2.45) is 5.92 Å². The van der Waals surface area contributed by atoms with Crippen LogP contribution < -0.4 is 0 Å². The number of Topliss-reactive ketones (excluding diaryl/α,β-unsaturated/α-hetero) is 1. The number of carbonyl (C=O) groups is 1. The second-order valence-electron chi connectivity index (χ2n) is 3.69. The Labute approximate surface area is 69.6 Å². The predicted octanol–water partition coefficient (Wildman–Crippen LogP) is 1.55. The first-order valence-corrected chi connectivity index (χ1v) is 4.18. The molecule has 0 aromatic carbocycles. The van der Waals surface area contributed by atoms with Gasteiger partial charge in [0.1, 0.15) is 5.78 Å². The monoisotopic (exact) mass is 157 g/mol. The Morgan fingerprint density at radius 3 is 2.27 bits per heavy atom. The Kier molecular flexibility index (Phi) is 5.12. The first-order valence-electron chi connectivity index (χ1n) is 4.18. The Balaban J connectivity index is 3.38. The fourth-order valence-electron chi connectivity index (χ4n) is 0.906. The highest BCUT2D eigenvalue weighted by molar-refractivity contribution is 5.78. The molecule has 0 saturated carbocycles. The first kappa shape index (κ1) is 10.6. The van der Waals surface area contributed by atoms with Crippen LogP contribution in [0.2, 0.25) is 0 Å². The zero-order chi connectivity index (χ0) is 8.85. The van der Waals surface area contributed by atoms with E-state index in [0.717, 1.165) is 13.0 Å². The van der Waals surface area contributed by atoms with E-state index in [0.29, 0.717) is 18.1 Å². The predicted molar refractivity (Wildman–Crippen MR) is 47.6 cm³/mol. The van der Waals surface area contributed by atoms with Gasteiger partial charge >= 0.3 is 0 Å². The van der Waals surface area contributed by atoms with Crippen molar-refractivity contribution in [3.05, 3.63) is 0 Å². The van der Waals surface area contributed by atoms with E-state index in [2.05, 4.69) is 13.8 Å². The van der Waals surface area contributed by atoms with E-state index < -0.39 is 0 Å². The molecule has 0 unspecified atom stereocenters. The molecule has 0 rings (SSSR count). The Morgan fingerprint density at radius 1 is 1.36 bits per heavy atom. The zero-order valence-electron chi connectivity index (χ0n) is 8.05. The fourth-order valence-corrected chi connectivity index (χ4v) is 0.906. The molecule has 0 fully saturated rings. The zero-order valence-corrected chi connectivity index (χ0v) is 8.05. The molecule has 0 bridgehead atoms. The number of carbonyl (C=O) groups excluding carboxylic acids is 1. The molecule has 0 aromatic heterocycles. The molecule has 66 valence electrons. The minimum absolute atomic E-state index is 0.383. The molecule has 2 nitrogen and oxygen atoms in total. The molecule has 0 atom stereocenters. The summed E-state index contributed by atoms with van der Waals surface area (Å²) in [6, 6.07) is 0. The average molecular weight is 157 g/mol. The van der Waals surface area contributed by atoms with E-state index in [1.165, 1.54) is 0 Å². The third-order valence-corrected chi connectivity index (χ3v) is 1.47. The van der Waals surface area contributed by atoms with Crippen LogP contribution in [0, 0.1) is 5.92 Å². The van der Waals surface area contributed by atoms with Gasteiger partial charge in [-0.2, -0.15) is 0 Å². The van der Waals surface area contributed by atoms with Crippen LogP contribution in [0.3, 0.4) is 0 Å². The van der Waals surface area contributed by atoms with Crippen molar-refractivity contribution in [2.45, 2.75) is 26.7 Å². The molecule has 0 saturated heterocycles. The lowest BCUT2D eigenvalue weighted by Crippen LogP contribution is -2.17. The van der Waals surface area contributed by atoms with Gasteiger partial charge < -0.3 is 4.90 Å². The molecule has 0 amide bonds. The van der Waals surface area contributed by atoms with Gasteiger partial charge in [-0.3, -0.25) is 4.79 Å². The molecule has 0 radical (unpaired) electrons. The highest BCUT2D eigenvalue weighted by Crippen LogP contribution is 2.02. The summed E-state index contributed by atoms with van der Waals surface area (Å²) in [5.74, 6) is 0.887. The highest BCUT2D eigenvalue weighted by atomic mass is 16.1. The highest BCUT2D eigenvalue weighted by Gasteiger charge is 2.04. The Morgan fingerprint density at radius 2 is 1.91 bits per heavy atom. The van der Waals surface area contributed by atoms with Crippen molar-refractivity contribution >= 4 is 5.78 Å². The number of ketones is 1. The molecule has 2 heteroatoms. The standard InChI is InChI=1S/C9H19NO/c1-8(2)7-9(11)5-6-10(3)4/h8H,5-7H2,1-4H3. The summed E-state index contributed by atoms with van der Waals surface area (Å²) >= 11 is 0. The number of rotatable bonds is 5. The van der Waals surface area contributed by atoms with Crippen LogP contribution in [-0.2, 0) is 4.79 Å². The summed E-state index contributed by atoms with van der Waals surface area (Å²) in [4.78, 5) is 13.2. The van der Waals surface area contributed by atoms with E-state index >= 15 is 0 Å². The van der Waals surface area contributed by atoms with Crippen LogP contribution in [-0.4, -0.2) is 31.3 Å². The lowest BCUT2D eigenvalue weighted by molar-refractivity contribution is -0.119. The maximum Gasteiger partial charge on any atom is 0.134 e. The molecule has 0 aromatic rings. The maximum absolute atomic E-state index is 11.1. The summed E-state index contributed by atoms with van der Waals surface area (Å²) in [7, 11) is 3.98. The van der Waals surface area contributed by atoms with E-state index in [-0.39, 0.29) is 0 Å². The summed E-state index contributed by atoms with van der Waals surface area (Å²) in [5, 5.41) is 0. The number of hydrogen-bond donors (Lipinski definition) is 0. The van der Waals surface area contributed by atoms with E-state index in [9.17, 15) is 4.79 Å². The summed E-state index contributed by atoms with van der Waals surface area (Å²) < 4.78 is 0. The molecule has 0 N–H and O–H groups in total. The van der Waals surface area contributed by atoms with Crippen molar-refractivity contribution in [2.75, 3.05) is 20.6 Å². The molecule has 0 aliphatic carbocycles. The minimum Gasteiger partial charge on any atom is -0.309 e. The van der Waals surface area contributed by atoms with E-state index in [1.54, 1.807) is 0 Å². The second kappa shape index (κ2) is 5.30. The van der Waals surface area contributed by atoms with Gasteiger partial charge in [0.05, 0.1) is 0 Å². The quantitative estimate of drug-likeness (QED) is 0.603. The van der Waals surface area contributed by atoms with Gasteiger partial charge in [-0.25, -0.2) is 0 Å². The van der Waals surface area contributed by atoms with E-state index in [4.69, 9.17) is 0 Å². The molecular formula is C9H19NO. The van der Waals surface area contributed by atoms with Gasteiger partial charge in [0.15, 0.2) is 0 Å². The van der Waals surface area contributed by atoms with Crippen LogP contribution in [0.4, 0.5) is 0 Å². The van der Waals surface area contributed by atoms with Crippen molar-refractivity contribution < 1.29 is 4.79 Å². The average Bonchev–Trinajstić information content (AvgIpc) is 1.82. The fraction of sp³-hybridized carbons (Fsp3) is 0.889. The second-order valence-corrected chi connectivity index (χ2v) is 3.69. The van der Waals surface area contributed by atoms with Crippen molar-refractivity contribution in [3.63, 3.8) is 0 Å². The van der Waals surface area contributed by atoms with Gasteiger partial charge in [0, 0.05) is 19.4 Å². The largest absolute Gasteiger partial charge is 0.309 e. The lowest BCUT2D eigenvalue weighted by Gasteiger charge is -2.08. The van der Waals surface area contributed by atoms with Gasteiger partial charge in [0.2, 0.25) is 0 Å². The normalized spacial score (nSPS) is 11.1. The third-order valence-electron chi connectivity index (χ3n) is 1.47. The molecule has 0 aliphatic heterocycles. The molecule has 0 aliphatic rings. The summed E-state index contributed by atoms with van der Waals surface area (Å²) in [5.41, 5.74) is 0. The molecule has 11 heavy (non-hydrogen) atoms. The first-order chi connectivity index (χ1) is 5.02. The lowest BCUT2D eigenvalue weighted by atomic mass is 10.1. The third kappa shape index (κ3) is 7.53. The molecule has 0 heterocycles.